The van der Waals surface area contributed by atoms with Gasteiger partial charge in [0.05, 0.1) is 17.6 Å². The highest BCUT2D eigenvalue weighted by Gasteiger charge is 2.15. The maximum atomic E-state index is 9.64. The number of nitrogens with one attached hydrogen (secondary N) is 1. The molecule has 0 amide bonds. The molecule has 0 aliphatic rings. The predicted molar refractivity (Wildman–Crippen MR) is 71.6 cm³/mol. The Morgan fingerprint density at radius 3 is 2.47 bits per heavy atom. The molecule has 1 unspecified atom stereocenters. The van der Waals surface area contributed by atoms with Crippen LogP contribution >= 0.6 is 0 Å². The molecule has 0 aliphatic carbocycles. The molecule has 0 spiro atoms. The molecule has 3 nitrogen and oxygen atoms in total. The van der Waals surface area contributed by atoms with Crippen LogP contribution in [0.2, 0.25) is 0 Å². The molecule has 1 atom stereocenters. The van der Waals surface area contributed by atoms with Gasteiger partial charge in [0.2, 0.25) is 0 Å². The number of aliphatic hydroxyl groups excluding tert-OH is 1. The summed E-state index contributed by atoms with van der Waals surface area (Å²) in [6, 6.07) is 2.31. The van der Waals surface area contributed by atoms with Crippen LogP contribution in [0.1, 0.15) is 53.4 Å². The van der Waals surface area contributed by atoms with Gasteiger partial charge in [-0.3, -0.25) is 0 Å². The monoisotopic (exact) mass is 240 g/mol. The second kappa shape index (κ2) is 8.49. The summed E-state index contributed by atoms with van der Waals surface area (Å²) in [5.74, 6) is 0.545. The summed E-state index contributed by atoms with van der Waals surface area (Å²) in [5.41, 5.74) is -0.197. The average molecular weight is 240 g/mol. The SMILES string of the molecule is CC(C)CC(O)CNCCCCC(C)(C)C#N. The van der Waals surface area contributed by atoms with Gasteiger partial charge in [0.25, 0.3) is 0 Å². The number of hydrogen-bond donors (Lipinski definition) is 2. The van der Waals surface area contributed by atoms with Crippen LogP contribution in [0.15, 0.2) is 0 Å². The number of aliphatic hydroxyl groups is 1. The van der Waals surface area contributed by atoms with Gasteiger partial charge in [0, 0.05) is 6.54 Å². The van der Waals surface area contributed by atoms with E-state index < -0.39 is 0 Å². The van der Waals surface area contributed by atoms with Crippen molar-refractivity contribution in [3.63, 3.8) is 0 Å². The number of rotatable bonds is 9. The van der Waals surface area contributed by atoms with Gasteiger partial charge in [-0.15, -0.1) is 0 Å². The quantitative estimate of drug-likeness (QED) is 0.609. The van der Waals surface area contributed by atoms with E-state index in [4.69, 9.17) is 5.26 Å². The van der Waals surface area contributed by atoms with Crippen molar-refractivity contribution in [2.45, 2.75) is 59.5 Å². The Balaban J connectivity index is 3.39. The molecule has 0 aliphatic heterocycles. The Bertz CT molecular complexity index is 231. The van der Waals surface area contributed by atoms with Gasteiger partial charge in [0.1, 0.15) is 0 Å². The third kappa shape index (κ3) is 10.3. The Hall–Kier alpha value is -0.590. The first kappa shape index (κ1) is 16.4. The summed E-state index contributed by atoms with van der Waals surface area (Å²) in [6.07, 6.45) is 3.70. The fourth-order valence-corrected chi connectivity index (χ4v) is 1.77. The molecule has 0 bridgehead atoms. The van der Waals surface area contributed by atoms with Gasteiger partial charge >= 0.3 is 0 Å². The second-order valence-electron chi connectivity index (χ2n) is 5.94. The number of unbranched alkanes of at least 4 members (excludes halogenated alkanes) is 1. The minimum absolute atomic E-state index is 0.197. The van der Waals surface area contributed by atoms with E-state index in [0.717, 1.165) is 32.2 Å². The fraction of sp³-hybridized carbons (Fsp3) is 0.929. The van der Waals surface area contributed by atoms with E-state index in [-0.39, 0.29) is 11.5 Å². The topological polar surface area (TPSA) is 56.0 Å². The van der Waals surface area contributed by atoms with Crippen molar-refractivity contribution in [1.29, 1.82) is 5.26 Å². The summed E-state index contributed by atoms with van der Waals surface area (Å²) >= 11 is 0. The van der Waals surface area contributed by atoms with E-state index >= 15 is 0 Å². The maximum Gasteiger partial charge on any atom is 0.0683 e. The van der Waals surface area contributed by atoms with Crippen LogP contribution < -0.4 is 5.32 Å². The highest BCUT2D eigenvalue weighted by atomic mass is 16.3. The largest absolute Gasteiger partial charge is 0.392 e. The molecule has 0 aromatic rings. The molecule has 17 heavy (non-hydrogen) atoms. The van der Waals surface area contributed by atoms with Crippen molar-refractivity contribution >= 4 is 0 Å². The van der Waals surface area contributed by atoms with Gasteiger partial charge in [-0.2, -0.15) is 5.26 Å². The molecule has 0 saturated carbocycles. The molecular weight excluding hydrogens is 212 g/mol. The van der Waals surface area contributed by atoms with Crippen LogP contribution in [-0.4, -0.2) is 24.3 Å². The molecule has 0 fully saturated rings. The van der Waals surface area contributed by atoms with Gasteiger partial charge in [-0.1, -0.05) is 20.3 Å². The first-order valence-electron chi connectivity index (χ1n) is 6.67. The van der Waals surface area contributed by atoms with Gasteiger partial charge in [-0.25, -0.2) is 0 Å². The lowest BCUT2D eigenvalue weighted by Gasteiger charge is -2.16. The molecule has 2 N–H and O–H groups in total. The van der Waals surface area contributed by atoms with E-state index in [0.29, 0.717) is 12.5 Å². The molecular formula is C14H28N2O. The van der Waals surface area contributed by atoms with Crippen molar-refractivity contribution in [3.05, 3.63) is 0 Å². The van der Waals surface area contributed by atoms with E-state index in [2.05, 4.69) is 25.2 Å². The van der Waals surface area contributed by atoms with Crippen LogP contribution in [0.3, 0.4) is 0 Å². The molecule has 0 rings (SSSR count). The third-order valence-electron chi connectivity index (χ3n) is 2.83. The molecule has 0 saturated heterocycles. The summed E-state index contributed by atoms with van der Waals surface area (Å²) in [4.78, 5) is 0. The van der Waals surface area contributed by atoms with Gasteiger partial charge in [-0.05, 0) is 45.6 Å². The number of nitrogens with zero attached hydrogens (tertiary/aromatic N) is 1. The van der Waals surface area contributed by atoms with Crippen LogP contribution in [0, 0.1) is 22.7 Å². The standard InChI is InChI=1S/C14H28N2O/c1-12(2)9-13(17)10-16-8-6-5-7-14(3,4)11-15/h12-13,16-17H,5-10H2,1-4H3. The molecule has 3 heteroatoms. The molecule has 0 aromatic carbocycles. The van der Waals surface area contributed by atoms with Crippen molar-refractivity contribution < 1.29 is 5.11 Å². The van der Waals surface area contributed by atoms with E-state index in [9.17, 15) is 5.11 Å². The highest BCUT2D eigenvalue weighted by Crippen LogP contribution is 2.21. The van der Waals surface area contributed by atoms with Crippen molar-refractivity contribution in [2.24, 2.45) is 11.3 Å². The lowest BCUT2D eigenvalue weighted by molar-refractivity contribution is 0.146. The Kier molecular flexibility index (Phi) is 8.20. The lowest BCUT2D eigenvalue weighted by atomic mass is 9.89. The minimum Gasteiger partial charge on any atom is -0.392 e. The zero-order chi connectivity index (χ0) is 13.3. The average Bonchev–Trinajstić information content (AvgIpc) is 2.22. The predicted octanol–water partition coefficient (Wildman–Crippen LogP) is 2.70. The summed E-state index contributed by atoms with van der Waals surface area (Å²) < 4.78 is 0. The van der Waals surface area contributed by atoms with Crippen LogP contribution in [0.4, 0.5) is 0 Å². The van der Waals surface area contributed by atoms with Crippen molar-refractivity contribution in [1.82, 2.24) is 5.32 Å². The molecule has 0 heterocycles. The fourth-order valence-electron chi connectivity index (χ4n) is 1.77. The van der Waals surface area contributed by atoms with Gasteiger partial charge < -0.3 is 10.4 Å². The van der Waals surface area contributed by atoms with E-state index in [1.165, 1.54) is 0 Å². The van der Waals surface area contributed by atoms with Crippen LogP contribution in [-0.2, 0) is 0 Å². The highest BCUT2D eigenvalue weighted by molar-refractivity contribution is 4.91. The van der Waals surface area contributed by atoms with Gasteiger partial charge in [0.15, 0.2) is 0 Å². The van der Waals surface area contributed by atoms with Crippen molar-refractivity contribution in [2.75, 3.05) is 13.1 Å². The smallest absolute Gasteiger partial charge is 0.0683 e. The first-order chi connectivity index (χ1) is 7.87. The summed E-state index contributed by atoms with van der Waals surface area (Å²) in [6.45, 7) is 9.80. The minimum atomic E-state index is -0.231. The Labute approximate surface area is 106 Å². The Morgan fingerprint density at radius 2 is 1.94 bits per heavy atom. The summed E-state index contributed by atoms with van der Waals surface area (Å²) in [5, 5.41) is 21.8. The molecule has 0 aromatic heterocycles. The zero-order valence-corrected chi connectivity index (χ0v) is 11.8. The van der Waals surface area contributed by atoms with E-state index in [1.807, 2.05) is 13.8 Å². The van der Waals surface area contributed by atoms with Crippen LogP contribution in [0.5, 0.6) is 0 Å². The summed E-state index contributed by atoms with van der Waals surface area (Å²) in [7, 11) is 0. The van der Waals surface area contributed by atoms with Crippen molar-refractivity contribution in [3.8, 4) is 6.07 Å². The van der Waals surface area contributed by atoms with E-state index in [1.54, 1.807) is 0 Å². The van der Waals surface area contributed by atoms with Crippen LogP contribution in [0.25, 0.3) is 0 Å². The second-order valence-corrected chi connectivity index (χ2v) is 5.94. The lowest BCUT2D eigenvalue weighted by Crippen LogP contribution is -2.28. The number of hydrogen-bond acceptors (Lipinski definition) is 3. The third-order valence-corrected chi connectivity index (χ3v) is 2.83. The Morgan fingerprint density at radius 1 is 1.29 bits per heavy atom. The normalized spacial score (nSPS) is 13.7. The first-order valence-corrected chi connectivity index (χ1v) is 6.67. The zero-order valence-electron chi connectivity index (χ0n) is 11.8. The molecule has 100 valence electrons. The maximum absolute atomic E-state index is 9.64. The number of nitriles is 1. The molecule has 0 radical (unpaired) electrons.